The van der Waals surface area contributed by atoms with Crippen LogP contribution in [0.3, 0.4) is 0 Å². The summed E-state index contributed by atoms with van der Waals surface area (Å²) in [6, 6.07) is 2.03. The zero-order chi connectivity index (χ0) is 29.2. The van der Waals surface area contributed by atoms with E-state index in [4.69, 9.17) is 5.73 Å². The van der Waals surface area contributed by atoms with Crippen LogP contribution in [0.1, 0.15) is 48.7 Å². The second-order valence-electron chi connectivity index (χ2n) is 11.9. The number of phenols is 1. The van der Waals surface area contributed by atoms with Crippen molar-refractivity contribution in [3.8, 4) is 5.75 Å². The van der Waals surface area contributed by atoms with E-state index < -0.39 is 81.6 Å². The summed E-state index contributed by atoms with van der Waals surface area (Å²) in [4.78, 5) is 79.6. The van der Waals surface area contributed by atoms with Crippen LogP contribution in [-0.4, -0.2) is 81.3 Å². The number of rotatable bonds is 4. The number of Topliss-reactive ketones (excluding diaryl/α,β-unsaturated/α-hetero) is 4. The molecule has 3 aliphatic rings. The molecule has 0 radical (unpaired) electrons. The van der Waals surface area contributed by atoms with E-state index in [1.54, 1.807) is 12.1 Å². The van der Waals surface area contributed by atoms with Crippen molar-refractivity contribution in [2.75, 3.05) is 14.1 Å². The maximum absolute atomic E-state index is 13.8. The van der Waals surface area contributed by atoms with Gasteiger partial charge in [-0.15, -0.1) is 0 Å². The first-order valence-corrected chi connectivity index (χ1v) is 12.7. The number of phenolic OH excluding ortho intramolecular Hbond substituents is 1. The topological polar surface area (TPSA) is 184 Å². The fourth-order valence-electron chi connectivity index (χ4n) is 6.31. The second kappa shape index (κ2) is 9.49. The monoisotopic (exact) mass is 539 g/mol. The van der Waals surface area contributed by atoms with Crippen molar-refractivity contribution in [3.05, 3.63) is 34.9 Å². The van der Waals surface area contributed by atoms with Gasteiger partial charge in [0.05, 0.1) is 17.5 Å². The number of ketones is 4. The van der Waals surface area contributed by atoms with E-state index in [-0.39, 0.29) is 24.0 Å². The SMILES string of the molecule is CN(C)[C@@H]1C(=O)C(C(N)=O)C(=O)[C@@]2(O)C(=O)C3C(=O)c4c(ccc(C=CC(=O)NC(C)(C)C)c4O)C[C@H]3C[C@@H]12. The van der Waals surface area contributed by atoms with Crippen LogP contribution in [0.5, 0.6) is 5.75 Å². The molecule has 11 nitrogen and oxygen atoms in total. The zero-order valence-electron chi connectivity index (χ0n) is 22.5. The van der Waals surface area contributed by atoms with Crippen LogP contribution < -0.4 is 11.1 Å². The standard InChI is InChI=1S/C28H33N3O8/c1-27(2,3)30-16(32)9-8-12-6-7-13-10-14-11-15-20(31(4)5)23(35)19(26(29)38)25(37)28(15,39)24(36)18(14)22(34)17(13)21(12)33/h6-9,14-15,18-20,33,39H,10-11H2,1-5H3,(H2,29,38)(H,30,32)/t14-,15-,18?,19?,20-,28-/m0/s1. The molecule has 11 heteroatoms. The number of aromatic hydroxyl groups is 1. The fourth-order valence-corrected chi connectivity index (χ4v) is 6.31. The Hall–Kier alpha value is -3.70. The van der Waals surface area contributed by atoms with E-state index in [1.165, 1.54) is 31.1 Å². The molecule has 39 heavy (non-hydrogen) atoms. The van der Waals surface area contributed by atoms with Gasteiger partial charge < -0.3 is 21.3 Å². The summed E-state index contributed by atoms with van der Waals surface area (Å²) in [5.74, 6) is -11.4. The Morgan fingerprint density at radius 3 is 2.33 bits per heavy atom. The van der Waals surface area contributed by atoms with E-state index in [1.807, 2.05) is 20.8 Å². The molecule has 5 N–H and O–H groups in total. The third-order valence-corrected chi connectivity index (χ3v) is 7.88. The van der Waals surface area contributed by atoms with Crippen LogP contribution in [0.25, 0.3) is 6.08 Å². The highest BCUT2D eigenvalue weighted by atomic mass is 16.3. The van der Waals surface area contributed by atoms with Crippen LogP contribution >= 0.6 is 0 Å². The Morgan fingerprint density at radius 2 is 1.77 bits per heavy atom. The van der Waals surface area contributed by atoms with E-state index in [0.717, 1.165) is 0 Å². The first-order chi connectivity index (χ1) is 18.0. The molecule has 0 saturated heterocycles. The Morgan fingerprint density at radius 1 is 1.13 bits per heavy atom. The molecular formula is C28H33N3O8. The van der Waals surface area contributed by atoms with E-state index in [2.05, 4.69) is 5.32 Å². The van der Waals surface area contributed by atoms with Gasteiger partial charge in [-0.1, -0.05) is 12.1 Å². The summed E-state index contributed by atoms with van der Waals surface area (Å²) in [6.07, 6.45) is 2.72. The van der Waals surface area contributed by atoms with Crippen molar-refractivity contribution in [1.82, 2.24) is 10.2 Å². The Bertz CT molecular complexity index is 1340. The molecule has 0 aliphatic heterocycles. The highest BCUT2D eigenvalue weighted by molar-refractivity contribution is 6.32. The highest BCUT2D eigenvalue weighted by Gasteiger charge is 2.69. The molecule has 6 atom stereocenters. The first-order valence-electron chi connectivity index (χ1n) is 12.7. The number of carbonyl (C=O) groups is 6. The van der Waals surface area contributed by atoms with Gasteiger partial charge in [0.15, 0.2) is 34.7 Å². The van der Waals surface area contributed by atoms with Gasteiger partial charge in [0.25, 0.3) is 0 Å². The minimum absolute atomic E-state index is 0.0146. The van der Waals surface area contributed by atoms with Gasteiger partial charge in [-0.25, -0.2) is 0 Å². The molecule has 2 amide bonds. The molecule has 0 bridgehead atoms. The molecule has 0 aromatic heterocycles. The predicted octanol–water partition coefficient (Wildman–Crippen LogP) is -0.205. The number of nitrogens with two attached hydrogens (primary N) is 1. The Balaban J connectivity index is 1.75. The van der Waals surface area contributed by atoms with Crippen molar-refractivity contribution < 1.29 is 39.0 Å². The number of carbonyl (C=O) groups excluding carboxylic acids is 6. The number of nitrogens with one attached hydrogen (secondary N) is 1. The van der Waals surface area contributed by atoms with Gasteiger partial charge in [-0.3, -0.25) is 33.7 Å². The normalized spacial score (nSPS) is 30.7. The zero-order valence-corrected chi connectivity index (χ0v) is 22.5. The summed E-state index contributed by atoms with van der Waals surface area (Å²) in [7, 11) is 3.06. The number of nitrogens with zero attached hydrogens (tertiary/aromatic N) is 1. The van der Waals surface area contributed by atoms with Crippen molar-refractivity contribution in [2.45, 2.75) is 50.8 Å². The minimum atomic E-state index is -2.77. The smallest absolute Gasteiger partial charge is 0.244 e. The second-order valence-corrected chi connectivity index (χ2v) is 11.9. The van der Waals surface area contributed by atoms with Gasteiger partial charge >= 0.3 is 0 Å². The van der Waals surface area contributed by atoms with Crippen molar-refractivity contribution in [1.29, 1.82) is 0 Å². The van der Waals surface area contributed by atoms with Crippen LogP contribution in [0.2, 0.25) is 0 Å². The predicted molar refractivity (Wildman–Crippen MR) is 138 cm³/mol. The van der Waals surface area contributed by atoms with Crippen molar-refractivity contribution in [2.24, 2.45) is 29.4 Å². The largest absolute Gasteiger partial charge is 0.507 e. The van der Waals surface area contributed by atoms with Gasteiger partial charge in [-0.05, 0) is 65.3 Å². The quantitative estimate of drug-likeness (QED) is 0.297. The number of aliphatic hydroxyl groups is 1. The summed E-state index contributed by atoms with van der Waals surface area (Å²) in [5, 5.41) is 25.3. The molecule has 1 aromatic rings. The maximum atomic E-state index is 13.8. The van der Waals surface area contributed by atoms with E-state index in [9.17, 15) is 39.0 Å². The maximum Gasteiger partial charge on any atom is 0.244 e. The number of amides is 2. The lowest BCUT2D eigenvalue weighted by atomic mass is 9.52. The number of fused-ring (bicyclic) bond motifs is 3. The summed E-state index contributed by atoms with van der Waals surface area (Å²) >= 11 is 0. The summed E-state index contributed by atoms with van der Waals surface area (Å²) < 4.78 is 0. The Labute approximate surface area is 225 Å². The summed E-state index contributed by atoms with van der Waals surface area (Å²) in [6.45, 7) is 5.43. The average molecular weight is 540 g/mol. The van der Waals surface area contributed by atoms with Crippen LogP contribution in [0.15, 0.2) is 18.2 Å². The average Bonchev–Trinajstić information content (AvgIpc) is 2.79. The molecule has 2 saturated carbocycles. The first kappa shape index (κ1) is 28.3. The molecule has 2 unspecified atom stereocenters. The number of benzene rings is 1. The lowest BCUT2D eigenvalue weighted by Crippen LogP contribution is -2.74. The van der Waals surface area contributed by atoms with Crippen molar-refractivity contribution >= 4 is 41.0 Å². The van der Waals surface area contributed by atoms with Gasteiger partial charge in [0, 0.05) is 23.1 Å². The van der Waals surface area contributed by atoms with Crippen LogP contribution in [0, 0.1) is 23.7 Å². The minimum Gasteiger partial charge on any atom is -0.507 e. The highest BCUT2D eigenvalue weighted by Crippen LogP contribution is 2.50. The fraction of sp³-hybridized carbons (Fsp3) is 0.500. The number of likely N-dealkylation sites (N-methyl/N-ethyl adjacent to an activating group) is 1. The molecule has 0 spiro atoms. The number of hydrogen-bond donors (Lipinski definition) is 4. The lowest BCUT2D eigenvalue weighted by Gasteiger charge is -2.52. The number of hydrogen-bond acceptors (Lipinski definition) is 9. The molecule has 3 aliphatic carbocycles. The summed E-state index contributed by atoms with van der Waals surface area (Å²) in [5.41, 5.74) is 2.59. The lowest BCUT2D eigenvalue weighted by molar-refractivity contribution is -0.181. The Kier molecular flexibility index (Phi) is 6.89. The van der Waals surface area contributed by atoms with Gasteiger partial charge in [0.1, 0.15) is 5.75 Å². The third kappa shape index (κ3) is 4.49. The van der Waals surface area contributed by atoms with Gasteiger partial charge in [0.2, 0.25) is 11.8 Å². The van der Waals surface area contributed by atoms with Crippen LogP contribution in [-0.2, 0) is 30.4 Å². The van der Waals surface area contributed by atoms with Gasteiger partial charge in [-0.2, -0.15) is 0 Å². The number of primary amides is 1. The van der Waals surface area contributed by atoms with Crippen LogP contribution in [0.4, 0.5) is 0 Å². The molecule has 4 rings (SSSR count). The molecular weight excluding hydrogens is 506 g/mol. The van der Waals surface area contributed by atoms with Crippen molar-refractivity contribution in [3.63, 3.8) is 0 Å². The molecule has 208 valence electrons. The van der Waals surface area contributed by atoms with E-state index in [0.29, 0.717) is 5.56 Å². The third-order valence-electron chi connectivity index (χ3n) is 7.88. The molecule has 2 fully saturated rings. The molecule has 0 heterocycles. The van der Waals surface area contributed by atoms with E-state index >= 15 is 0 Å². The molecule has 1 aromatic carbocycles.